The number of guanidine groups is 2. The summed E-state index contributed by atoms with van der Waals surface area (Å²) in [7, 11) is 0. The van der Waals surface area contributed by atoms with Crippen LogP contribution in [-0.2, 0) is 0 Å². The van der Waals surface area contributed by atoms with Gasteiger partial charge in [-0.1, -0.05) is 0 Å². The van der Waals surface area contributed by atoms with E-state index in [9.17, 15) is 0 Å². The van der Waals surface area contributed by atoms with E-state index in [0.29, 0.717) is 18.5 Å². The molecule has 0 spiro atoms. The third kappa shape index (κ3) is 1.61. The van der Waals surface area contributed by atoms with Crippen LogP contribution in [0, 0.1) is 0 Å². The molecule has 1 atom stereocenters. The minimum Gasteiger partial charge on any atom is -0.370 e. The molecule has 5 heteroatoms. The zero-order chi connectivity index (χ0) is 7.56. The van der Waals surface area contributed by atoms with Gasteiger partial charge in [0.25, 0.3) is 0 Å². The molecule has 5 N–H and O–H groups in total. The molecule has 0 fully saturated rings. The first-order valence-electron chi connectivity index (χ1n) is 3.08. The maximum Gasteiger partial charge on any atom is 0.195 e. The Kier molecular flexibility index (Phi) is 1.75. The van der Waals surface area contributed by atoms with Gasteiger partial charge in [0.05, 0.1) is 12.6 Å². The van der Waals surface area contributed by atoms with Crippen LogP contribution < -0.4 is 16.8 Å². The number of nitrogens with two attached hydrogens (primary N) is 2. The van der Waals surface area contributed by atoms with Crippen LogP contribution in [0.25, 0.3) is 0 Å². The Morgan fingerprint density at radius 2 is 2.20 bits per heavy atom. The molecule has 0 radical (unpaired) electrons. The summed E-state index contributed by atoms with van der Waals surface area (Å²) in [6.45, 7) is 2.52. The van der Waals surface area contributed by atoms with E-state index in [0.717, 1.165) is 0 Å². The van der Waals surface area contributed by atoms with Crippen LogP contribution in [0.3, 0.4) is 0 Å². The summed E-state index contributed by atoms with van der Waals surface area (Å²) in [6, 6.07) is 0.119. The molecule has 1 heterocycles. The predicted octanol–water partition coefficient (Wildman–Crippen LogP) is -1.39. The minimum absolute atomic E-state index is 0.119. The average molecular weight is 141 g/mol. The number of rotatable bonds is 0. The van der Waals surface area contributed by atoms with Crippen molar-refractivity contribution in [2.75, 3.05) is 6.54 Å². The van der Waals surface area contributed by atoms with Crippen molar-refractivity contribution in [2.45, 2.75) is 13.0 Å². The normalized spacial score (nSPS) is 25.9. The lowest BCUT2D eigenvalue weighted by molar-refractivity contribution is 0.759. The maximum atomic E-state index is 5.39. The summed E-state index contributed by atoms with van der Waals surface area (Å²) in [4.78, 5) is 7.96. The molecular formula is C5H11N5. The third-order valence-corrected chi connectivity index (χ3v) is 1.14. The number of hydrogen-bond donors (Lipinski definition) is 3. The summed E-state index contributed by atoms with van der Waals surface area (Å²) in [6.07, 6.45) is 0. The molecule has 0 aliphatic carbocycles. The van der Waals surface area contributed by atoms with Gasteiger partial charge in [0.1, 0.15) is 0 Å². The third-order valence-electron chi connectivity index (χ3n) is 1.14. The van der Waals surface area contributed by atoms with E-state index in [1.54, 1.807) is 0 Å². The molecule has 0 aromatic carbocycles. The fourth-order valence-electron chi connectivity index (χ4n) is 0.712. The van der Waals surface area contributed by atoms with Gasteiger partial charge in [0.2, 0.25) is 0 Å². The van der Waals surface area contributed by atoms with Crippen LogP contribution in [0.4, 0.5) is 0 Å². The van der Waals surface area contributed by atoms with Crippen molar-refractivity contribution >= 4 is 11.9 Å². The van der Waals surface area contributed by atoms with E-state index in [2.05, 4.69) is 15.3 Å². The van der Waals surface area contributed by atoms with Crippen molar-refractivity contribution in [1.82, 2.24) is 5.32 Å². The lowest BCUT2D eigenvalue weighted by Gasteiger charge is -1.99. The van der Waals surface area contributed by atoms with Crippen LogP contribution in [0.15, 0.2) is 9.98 Å². The van der Waals surface area contributed by atoms with Gasteiger partial charge in [-0.15, -0.1) is 0 Å². The monoisotopic (exact) mass is 141 g/mol. The Hall–Kier alpha value is -1.26. The van der Waals surface area contributed by atoms with E-state index in [1.807, 2.05) is 6.92 Å². The van der Waals surface area contributed by atoms with Crippen LogP contribution >= 0.6 is 0 Å². The first kappa shape index (κ1) is 6.85. The molecule has 10 heavy (non-hydrogen) atoms. The van der Waals surface area contributed by atoms with Crippen LogP contribution in [0.2, 0.25) is 0 Å². The lowest BCUT2D eigenvalue weighted by Crippen LogP contribution is -2.40. The van der Waals surface area contributed by atoms with Crippen molar-refractivity contribution < 1.29 is 0 Å². The SMILES string of the molecule is C[C@H]1CN=C(N)NC(N)=N1. The van der Waals surface area contributed by atoms with Gasteiger partial charge >= 0.3 is 0 Å². The Morgan fingerprint density at radius 3 is 2.90 bits per heavy atom. The van der Waals surface area contributed by atoms with E-state index in [1.165, 1.54) is 0 Å². The van der Waals surface area contributed by atoms with Gasteiger partial charge in [-0.2, -0.15) is 0 Å². The Labute approximate surface area is 59.2 Å². The van der Waals surface area contributed by atoms with E-state index in [4.69, 9.17) is 11.5 Å². The van der Waals surface area contributed by atoms with Crippen molar-refractivity contribution in [1.29, 1.82) is 0 Å². The molecule has 0 amide bonds. The van der Waals surface area contributed by atoms with E-state index >= 15 is 0 Å². The summed E-state index contributed by atoms with van der Waals surface area (Å²) in [5, 5.41) is 2.63. The highest BCUT2D eigenvalue weighted by molar-refractivity contribution is 5.97. The van der Waals surface area contributed by atoms with Crippen molar-refractivity contribution in [2.24, 2.45) is 21.5 Å². The van der Waals surface area contributed by atoms with E-state index < -0.39 is 0 Å². The number of aliphatic imine (C=N–C) groups is 2. The molecule has 1 aliphatic heterocycles. The molecule has 0 aromatic rings. The summed E-state index contributed by atoms with van der Waals surface area (Å²) in [5.74, 6) is 0.678. The molecule has 0 aromatic heterocycles. The van der Waals surface area contributed by atoms with E-state index in [-0.39, 0.29) is 6.04 Å². The molecular weight excluding hydrogens is 130 g/mol. The maximum absolute atomic E-state index is 5.39. The van der Waals surface area contributed by atoms with Gasteiger partial charge < -0.3 is 11.5 Å². The smallest absolute Gasteiger partial charge is 0.195 e. The molecule has 0 unspecified atom stereocenters. The topological polar surface area (TPSA) is 88.8 Å². The second-order valence-electron chi connectivity index (χ2n) is 2.21. The quantitative estimate of drug-likeness (QED) is 0.388. The van der Waals surface area contributed by atoms with Crippen LogP contribution in [-0.4, -0.2) is 24.5 Å². The van der Waals surface area contributed by atoms with Gasteiger partial charge in [-0.3, -0.25) is 10.3 Å². The molecule has 0 bridgehead atoms. The summed E-state index contributed by atoms with van der Waals surface area (Å²) >= 11 is 0. The predicted molar refractivity (Wildman–Crippen MR) is 40.7 cm³/mol. The summed E-state index contributed by atoms with van der Waals surface area (Å²) in [5.41, 5.74) is 10.8. The number of nitrogens with zero attached hydrogens (tertiary/aromatic N) is 2. The van der Waals surface area contributed by atoms with Crippen molar-refractivity contribution in [3.05, 3.63) is 0 Å². The highest BCUT2D eigenvalue weighted by Crippen LogP contribution is 1.91. The molecule has 1 aliphatic rings. The minimum atomic E-state index is 0.119. The van der Waals surface area contributed by atoms with Crippen LogP contribution in [0.5, 0.6) is 0 Å². The highest BCUT2D eigenvalue weighted by atomic mass is 15.2. The van der Waals surface area contributed by atoms with Gasteiger partial charge in [-0.25, -0.2) is 4.99 Å². The van der Waals surface area contributed by atoms with Crippen molar-refractivity contribution in [3.63, 3.8) is 0 Å². The second-order valence-corrected chi connectivity index (χ2v) is 2.21. The zero-order valence-corrected chi connectivity index (χ0v) is 5.83. The number of hydrogen-bond acceptors (Lipinski definition) is 5. The Balaban J connectivity index is 2.71. The van der Waals surface area contributed by atoms with Gasteiger partial charge in [0, 0.05) is 0 Å². The molecule has 56 valence electrons. The largest absolute Gasteiger partial charge is 0.370 e. The fraction of sp³-hybridized carbons (Fsp3) is 0.600. The molecule has 5 nitrogen and oxygen atoms in total. The van der Waals surface area contributed by atoms with Gasteiger partial charge in [-0.05, 0) is 6.92 Å². The summed E-state index contributed by atoms with van der Waals surface area (Å²) < 4.78 is 0. The lowest BCUT2D eigenvalue weighted by atomic mass is 10.4. The molecule has 0 saturated heterocycles. The van der Waals surface area contributed by atoms with Gasteiger partial charge in [0.15, 0.2) is 11.9 Å². The molecule has 0 saturated carbocycles. The standard InChI is InChI=1S/C5H11N5/c1-3-2-8-4(6)10-5(7)9-3/h3H,2H2,1H3,(H5,6,7,8,9,10)/t3-/m0/s1. The Morgan fingerprint density at radius 1 is 1.50 bits per heavy atom. The number of nitrogens with one attached hydrogen (secondary N) is 1. The van der Waals surface area contributed by atoms with Crippen molar-refractivity contribution in [3.8, 4) is 0 Å². The second kappa shape index (κ2) is 2.55. The highest BCUT2D eigenvalue weighted by Gasteiger charge is 2.05. The average Bonchev–Trinajstić information content (AvgIpc) is 1.93. The fourth-order valence-corrected chi connectivity index (χ4v) is 0.712. The zero-order valence-electron chi connectivity index (χ0n) is 5.83. The molecule has 1 rings (SSSR count). The first-order valence-corrected chi connectivity index (χ1v) is 3.08. The Bertz CT molecular complexity index is 182. The first-order chi connectivity index (χ1) is 4.68. The van der Waals surface area contributed by atoms with Crippen LogP contribution in [0.1, 0.15) is 6.92 Å².